The highest BCUT2D eigenvalue weighted by atomic mass is 16.5. The Balaban J connectivity index is 2.10. The normalized spacial score (nSPS) is 12.4. The number of aromatic nitrogens is 4. The number of H-pyrrole nitrogens is 1. The van der Waals surface area contributed by atoms with Gasteiger partial charge in [-0.15, -0.1) is 5.10 Å². The minimum Gasteiger partial charge on any atom is -0.493 e. The topological polar surface area (TPSA) is 72.3 Å². The maximum absolute atomic E-state index is 13.0. The van der Waals surface area contributed by atoms with E-state index in [2.05, 4.69) is 18.8 Å². The number of imidazole rings is 1. The highest BCUT2D eigenvalue weighted by Gasteiger charge is 2.22. The molecule has 168 valence electrons. The molecule has 0 bridgehead atoms. The summed E-state index contributed by atoms with van der Waals surface area (Å²) in [6, 6.07) is 5.95. The summed E-state index contributed by atoms with van der Waals surface area (Å²) in [6.07, 6.45) is 8.09. The van der Waals surface area contributed by atoms with Crippen LogP contribution in [0.4, 0.5) is 0 Å². The van der Waals surface area contributed by atoms with Gasteiger partial charge in [0.05, 0.1) is 17.9 Å². The third-order valence-corrected chi connectivity index (χ3v) is 5.80. The lowest BCUT2D eigenvalue weighted by Gasteiger charge is -2.15. The van der Waals surface area contributed by atoms with E-state index in [0.29, 0.717) is 23.9 Å². The van der Waals surface area contributed by atoms with Gasteiger partial charge in [-0.3, -0.25) is 4.79 Å². The molecule has 0 aliphatic rings. The average molecular weight is 425 g/mol. The van der Waals surface area contributed by atoms with Crippen LogP contribution in [-0.2, 0) is 0 Å². The van der Waals surface area contributed by atoms with Crippen LogP contribution in [0.3, 0.4) is 0 Å². The maximum atomic E-state index is 13.0. The van der Waals surface area contributed by atoms with Gasteiger partial charge in [0.25, 0.3) is 5.56 Å². The molecule has 0 fully saturated rings. The van der Waals surface area contributed by atoms with Crippen molar-refractivity contribution in [3.05, 3.63) is 45.6 Å². The van der Waals surface area contributed by atoms with Gasteiger partial charge in [0.1, 0.15) is 11.6 Å². The molecule has 1 N–H and O–H groups in total. The van der Waals surface area contributed by atoms with E-state index in [9.17, 15) is 4.79 Å². The zero-order chi connectivity index (χ0) is 22.4. The van der Waals surface area contributed by atoms with Gasteiger partial charge in [-0.1, -0.05) is 57.6 Å². The molecule has 0 spiro atoms. The Morgan fingerprint density at radius 3 is 2.58 bits per heavy atom. The van der Waals surface area contributed by atoms with Crippen molar-refractivity contribution >= 4 is 5.52 Å². The van der Waals surface area contributed by atoms with Gasteiger partial charge in [0, 0.05) is 5.92 Å². The molecule has 0 radical (unpaired) electrons. The number of aromatic amines is 1. The summed E-state index contributed by atoms with van der Waals surface area (Å²) in [5, 5.41) is 4.88. The van der Waals surface area contributed by atoms with Crippen LogP contribution >= 0.6 is 0 Å². The highest BCUT2D eigenvalue weighted by molar-refractivity contribution is 5.66. The predicted molar refractivity (Wildman–Crippen MR) is 126 cm³/mol. The number of benzene rings is 1. The number of hydrogen-bond donors (Lipinski definition) is 1. The van der Waals surface area contributed by atoms with Gasteiger partial charge < -0.3 is 9.72 Å². The number of aryl methyl sites for hydroxylation is 2. The maximum Gasteiger partial charge on any atom is 0.277 e. The van der Waals surface area contributed by atoms with Crippen LogP contribution in [0.1, 0.15) is 88.7 Å². The van der Waals surface area contributed by atoms with Crippen molar-refractivity contribution in [1.82, 2.24) is 19.6 Å². The monoisotopic (exact) mass is 424 g/mol. The summed E-state index contributed by atoms with van der Waals surface area (Å²) in [6.45, 7) is 10.9. The van der Waals surface area contributed by atoms with Crippen LogP contribution in [0, 0.1) is 13.8 Å². The second kappa shape index (κ2) is 10.6. The molecule has 0 saturated carbocycles. The molecular weight excluding hydrogens is 388 g/mol. The van der Waals surface area contributed by atoms with Crippen molar-refractivity contribution in [2.75, 3.05) is 6.61 Å². The minimum atomic E-state index is -0.161. The first kappa shape index (κ1) is 23.0. The quantitative estimate of drug-likeness (QED) is 0.386. The SMILES string of the molecule is CCCCCCC(CCC)c1nc(C)c2c(=O)[nH]c(-c3cc(C)ccc3OCC)nn12. The number of unbranched alkanes of at least 4 members (excludes halogenated alkanes) is 3. The van der Waals surface area contributed by atoms with Crippen molar-refractivity contribution in [1.29, 1.82) is 0 Å². The summed E-state index contributed by atoms with van der Waals surface area (Å²) in [4.78, 5) is 20.8. The second-order valence-corrected chi connectivity index (χ2v) is 8.39. The molecule has 0 saturated heterocycles. The Kier molecular flexibility index (Phi) is 7.88. The molecule has 6 nitrogen and oxygen atoms in total. The number of rotatable bonds is 11. The largest absolute Gasteiger partial charge is 0.493 e. The minimum absolute atomic E-state index is 0.161. The van der Waals surface area contributed by atoms with Crippen LogP contribution in [0.25, 0.3) is 16.9 Å². The van der Waals surface area contributed by atoms with Crippen molar-refractivity contribution in [2.45, 2.75) is 85.5 Å². The number of ether oxygens (including phenoxy) is 1. The molecule has 31 heavy (non-hydrogen) atoms. The van der Waals surface area contributed by atoms with Gasteiger partial charge in [0.2, 0.25) is 0 Å². The number of nitrogens with one attached hydrogen (secondary N) is 1. The van der Waals surface area contributed by atoms with E-state index >= 15 is 0 Å². The molecule has 6 heteroatoms. The van der Waals surface area contributed by atoms with Gasteiger partial charge in [0.15, 0.2) is 11.3 Å². The third-order valence-electron chi connectivity index (χ3n) is 5.80. The lowest BCUT2D eigenvalue weighted by Crippen LogP contribution is -2.17. The summed E-state index contributed by atoms with van der Waals surface area (Å²) in [5.41, 5.74) is 3.00. The lowest BCUT2D eigenvalue weighted by molar-refractivity contribution is 0.341. The van der Waals surface area contributed by atoms with Crippen molar-refractivity contribution < 1.29 is 4.74 Å². The van der Waals surface area contributed by atoms with E-state index < -0.39 is 0 Å². The van der Waals surface area contributed by atoms with Crippen LogP contribution < -0.4 is 10.3 Å². The molecule has 2 heterocycles. The first-order valence-corrected chi connectivity index (χ1v) is 11.7. The lowest BCUT2D eigenvalue weighted by atomic mass is 9.95. The molecule has 0 aliphatic heterocycles. The predicted octanol–water partition coefficient (Wildman–Crippen LogP) is 5.95. The van der Waals surface area contributed by atoms with Crippen LogP contribution in [0.2, 0.25) is 0 Å². The van der Waals surface area contributed by atoms with Crippen LogP contribution in [0.5, 0.6) is 5.75 Å². The fourth-order valence-electron chi connectivity index (χ4n) is 4.26. The Labute approximate surface area is 185 Å². The van der Waals surface area contributed by atoms with E-state index in [4.69, 9.17) is 14.8 Å². The third kappa shape index (κ3) is 5.17. The van der Waals surface area contributed by atoms with Crippen molar-refractivity contribution in [2.24, 2.45) is 0 Å². The van der Waals surface area contributed by atoms with Crippen molar-refractivity contribution in [3.8, 4) is 17.1 Å². The molecule has 1 atom stereocenters. The van der Waals surface area contributed by atoms with E-state index in [1.165, 1.54) is 25.7 Å². The first-order chi connectivity index (χ1) is 15.0. The number of nitrogens with zero attached hydrogens (tertiary/aromatic N) is 3. The summed E-state index contributed by atoms with van der Waals surface area (Å²) in [5.74, 6) is 2.45. The van der Waals surface area contributed by atoms with Crippen molar-refractivity contribution in [3.63, 3.8) is 0 Å². The van der Waals surface area contributed by atoms with E-state index in [1.807, 2.05) is 39.0 Å². The fourth-order valence-corrected chi connectivity index (χ4v) is 4.26. The molecule has 0 aliphatic carbocycles. The average Bonchev–Trinajstić information content (AvgIpc) is 3.08. The van der Waals surface area contributed by atoms with E-state index in [0.717, 1.165) is 47.7 Å². The Morgan fingerprint density at radius 2 is 1.87 bits per heavy atom. The standard InChI is InChI=1S/C25H36N4O2/c1-6-9-10-11-13-19(12-7-2)24-26-18(5)22-25(30)27-23(28-29(22)24)20-16-17(4)14-15-21(20)31-8-3/h14-16,19H,6-13H2,1-5H3,(H,27,28,30). The van der Waals surface area contributed by atoms with Gasteiger partial charge in [-0.2, -0.15) is 0 Å². The van der Waals surface area contributed by atoms with E-state index in [1.54, 1.807) is 4.52 Å². The zero-order valence-electron chi connectivity index (χ0n) is 19.6. The van der Waals surface area contributed by atoms with Crippen LogP contribution in [0.15, 0.2) is 23.0 Å². The Bertz CT molecular complexity index is 1070. The molecule has 1 unspecified atom stereocenters. The van der Waals surface area contributed by atoms with E-state index in [-0.39, 0.29) is 5.56 Å². The fraction of sp³-hybridized carbons (Fsp3) is 0.560. The number of fused-ring (bicyclic) bond motifs is 1. The molecule has 0 amide bonds. The second-order valence-electron chi connectivity index (χ2n) is 8.39. The Morgan fingerprint density at radius 1 is 1.06 bits per heavy atom. The Hall–Kier alpha value is -2.63. The zero-order valence-corrected chi connectivity index (χ0v) is 19.6. The van der Waals surface area contributed by atoms with Crippen LogP contribution in [-0.4, -0.2) is 26.2 Å². The summed E-state index contributed by atoms with van der Waals surface area (Å²) >= 11 is 0. The smallest absolute Gasteiger partial charge is 0.277 e. The molecule has 3 rings (SSSR count). The molecular formula is C25H36N4O2. The van der Waals surface area contributed by atoms with Gasteiger partial charge in [-0.05, 0) is 45.7 Å². The molecule has 3 aromatic rings. The molecule has 1 aromatic carbocycles. The highest BCUT2D eigenvalue weighted by Crippen LogP contribution is 2.30. The van der Waals surface area contributed by atoms with Gasteiger partial charge in [-0.25, -0.2) is 9.50 Å². The van der Waals surface area contributed by atoms with Gasteiger partial charge >= 0.3 is 0 Å². The summed E-state index contributed by atoms with van der Waals surface area (Å²) < 4.78 is 7.60. The first-order valence-electron chi connectivity index (χ1n) is 11.7. The molecule has 2 aromatic heterocycles. The number of hydrogen-bond acceptors (Lipinski definition) is 4. The summed E-state index contributed by atoms with van der Waals surface area (Å²) in [7, 11) is 0.